The van der Waals surface area contributed by atoms with Crippen LogP contribution in [0.3, 0.4) is 0 Å². The van der Waals surface area contributed by atoms with Crippen molar-refractivity contribution in [3.63, 3.8) is 0 Å². The van der Waals surface area contributed by atoms with Crippen molar-refractivity contribution in [1.29, 1.82) is 0 Å². The first-order valence-electron chi connectivity index (χ1n) is 6.43. The predicted molar refractivity (Wildman–Crippen MR) is 76.4 cm³/mol. The van der Waals surface area contributed by atoms with Crippen molar-refractivity contribution in [3.05, 3.63) is 69.5 Å². The van der Waals surface area contributed by atoms with Gasteiger partial charge in [-0.3, -0.25) is 4.79 Å². The van der Waals surface area contributed by atoms with E-state index in [1.165, 1.54) is 17.7 Å². The number of hydrogen-bond donors (Lipinski definition) is 1. The second-order valence-electron chi connectivity index (χ2n) is 4.94. The summed E-state index contributed by atoms with van der Waals surface area (Å²) in [4.78, 5) is 12.2. The lowest BCUT2D eigenvalue weighted by Gasteiger charge is -2.05. The average molecular weight is 290 g/mol. The molecular formula is C16H13ClFNO. The summed E-state index contributed by atoms with van der Waals surface area (Å²) in [5.74, 6) is -0.503. The summed E-state index contributed by atoms with van der Waals surface area (Å²) in [6.07, 6.45) is 0.181. The van der Waals surface area contributed by atoms with E-state index in [1.54, 1.807) is 6.07 Å². The maximum atomic E-state index is 13.4. The third-order valence-electron chi connectivity index (χ3n) is 3.51. The minimum Gasteiger partial charge on any atom is -0.309 e. The molecule has 1 heterocycles. The number of nitrogens with one attached hydrogen (secondary N) is 1. The zero-order chi connectivity index (χ0) is 14.1. The summed E-state index contributed by atoms with van der Waals surface area (Å²) < 4.78 is 13.4. The maximum Gasteiger partial charge on any atom is 0.167 e. The summed E-state index contributed by atoms with van der Waals surface area (Å²) >= 11 is 5.63. The second kappa shape index (κ2) is 5.35. The Bertz CT molecular complexity index is 684. The second-order valence-corrected chi connectivity index (χ2v) is 5.34. The zero-order valence-corrected chi connectivity index (χ0v) is 11.5. The average Bonchev–Trinajstić information content (AvgIpc) is 2.90. The standard InChI is InChI=1S/C16H13ClFNO/c17-14-4-1-10(5-15(14)18)6-16(20)11-2-3-12-8-19-9-13(12)7-11/h1-5,7,19H,6,8-9H2. The highest BCUT2D eigenvalue weighted by molar-refractivity contribution is 6.30. The molecule has 0 radical (unpaired) electrons. The van der Waals surface area contributed by atoms with Crippen molar-refractivity contribution >= 4 is 17.4 Å². The third-order valence-corrected chi connectivity index (χ3v) is 3.81. The van der Waals surface area contributed by atoms with Gasteiger partial charge < -0.3 is 5.32 Å². The van der Waals surface area contributed by atoms with Crippen molar-refractivity contribution in [2.45, 2.75) is 19.5 Å². The number of benzene rings is 2. The summed E-state index contributed by atoms with van der Waals surface area (Å²) in [6, 6.07) is 10.2. The molecule has 1 aliphatic heterocycles. The minimum atomic E-state index is -0.491. The molecule has 0 atom stereocenters. The Morgan fingerprint density at radius 2 is 1.95 bits per heavy atom. The highest BCUT2D eigenvalue weighted by Gasteiger charge is 2.14. The first-order chi connectivity index (χ1) is 9.63. The van der Waals surface area contributed by atoms with E-state index in [-0.39, 0.29) is 17.2 Å². The summed E-state index contributed by atoms with van der Waals surface area (Å²) in [6.45, 7) is 1.65. The van der Waals surface area contributed by atoms with E-state index < -0.39 is 5.82 Å². The van der Waals surface area contributed by atoms with Crippen LogP contribution in [0.5, 0.6) is 0 Å². The van der Waals surface area contributed by atoms with Crippen LogP contribution in [0.2, 0.25) is 5.02 Å². The Hall–Kier alpha value is -1.71. The first-order valence-corrected chi connectivity index (χ1v) is 6.81. The van der Waals surface area contributed by atoms with E-state index in [1.807, 2.05) is 18.2 Å². The van der Waals surface area contributed by atoms with Crippen molar-refractivity contribution in [2.24, 2.45) is 0 Å². The van der Waals surface area contributed by atoms with Gasteiger partial charge in [0.05, 0.1) is 5.02 Å². The number of carbonyl (C=O) groups excluding carboxylic acids is 1. The number of rotatable bonds is 3. The number of hydrogen-bond acceptors (Lipinski definition) is 2. The van der Waals surface area contributed by atoms with Crippen LogP contribution in [-0.4, -0.2) is 5.78 Å². The van der Waals surface area contributed by atoms with E-state index in [0.29, 0.717) is 11.1 Å². The summed E-state index contributed by atoms with van der Waals surface area (Å²) in [5, 5.41) is 3.32. The van der Waals surface area contributed by atoms with Gasteiger partial charge in [-0.05, 0) is 34.9 Å². The van der Waals surface area contributed by atoms with Crippen LogP contribution < -0.4 is 5.32 Å². The molecule has 20 heavy (non-hydrogen) atoms. The van der Waals surface area contributed by atoms with Gasteiger partial charge in [0.1, 0.15) is 5.82 Å². The number of carbonyl (C=O) groups is 1. The van der Waals surface area contributed by atoms with Crippen LogP contribution in [0, 0.1) is 5.82 Å². The first kappa shape index (κ1) is 13.3. The Labute approximate surface area is 121 Å². The molecule has 0 aliphatic carbocycles. The maximum absolute atomic E-state index is 13.4. The molecule has 3 rings (SSSR count). The summed E-state index contributed by atoms with van der Waals surface area (Å²) in [7, 11) is 0. The normalized spacial score (nSPS) is 13.3. The van der Waals surface area contributed by atoms with Crippen LogP contribution in [0.15, 0.2) is 36.4 Å². The van der Waals surface area contributed by atoms with Crippen LogP contribution in [-0.2, 0) is 19.5 Å². The smallest absolute Gasteiger partial charge is 0.167 e. The molecule has 0 amide bonds. The lowest BCUT2D eigenvalue weighted by Crippen LogP contribution is -2.05. The van der Waals surface area contributed by atoms with Gasteiger partial charge in [0, 0.05) is 25.1 Å². The van der Waals surface area contributed by atoms with Gasteiger partial charge in [-0.15, -0.1) is 0 Å². The molecular weight excluding hydrogens is 277 g/mol. The third kappa shape index (κ3) is 2.60. The quantitative estimate of drug-likeness (QED) is 0.876. The van der Waals surface area contributed by atoms with Gasteiger partial charge in [0.15, 0.2) is 5.78 Å². The molecule has 0 aromatic heterocycles. The van der Waals surface area contributed by atoms with Gasteiger partial charge in [-0.1, -0.05) is 29.8 Å². The molecule has 0 saturated carbocycles. The lowest BCUT2D eigenvalue weighted by atomic mass is 9.99. The largest absolute Gasteiger partial charge is 0.309 e. The predicted octanol–water partition coefficient (Wildman–Crippen LogP) is 3.51. The molecule has 2 aromatic rings. The molecule has 4 heteroatoms. The number of fused-ring (bicyclic) bond motifs is 1. The molecule has 2 nitrogen and oxygen atoms in total. The van der Waals surface area contributed by atoms with E-state index in [0.717, 1.165) is 18.7 Å². The molecule has 2 aromatic carbocycles. The van der Waals surface area contributed by atoms with E-state index in [9.17, 15) is 9.18 Å². The van der Waals surface area contributed by atoms with E-state index in [2.05, 4.69) is 5.32 Å². The lowest BCUT2D eigenvalue weighted by molar-refractivity contribution is 0.0993. The molecule has 1 N–H and O–H groups in total. The van der Waals surface area contributed by atoms with Crippen LogP contribution in [0.4, 0.5) is 4.39 Å². The van der Waals surface area contributed by atoms with Gasteiger partial charge >= 0.3 is 0 Å². The topological polar surface area (TPSA) is 29.1 Å². The molecule has 0 fully saturated rings. The van der Waals surface area contributed by atoms with Crippen molar-refractivity contribution < 1.29 is 9.18 Å². The molecule has 0 unspecified atom stereocenters. The van der Waals surface area contributed by atoms with Gasteiger partial charge in [-0.25, -0.2) is 4.39 Å². The molecule has 0 saturated heterocycles. The molecule has 102 valence electrons. The van der Waals surface area contributed by atoms with E-state index in [4.69, 9.17) is 11.6 Å². The Morgan fingerprint density at radius 3 is 2.75 bits per heavy atom. The van der Waals surface area contributed by atoms with Gasteiger partial charge in [0.25, 0.3) is 0 Å². The van der Waals surface area contributed by atoms with Gasteiger partial charge in [-0.2, -0.15) is 0 Å². The van der Waals surface area contributed by atoms with E-state index >= 15 is 0 Å². The fourth-order valence-corrected chi connectivity index (χ4v) is 2.52. The van der Waals surface area contributed by atoms with Gasteiger partial charge in [0.2, 0.25) is 0 Å². The van der Waals surface area contributed by atoms with Crippen LogP contribution in [0.25, 0.3) is 0 Å². The number of Topliss-reactive ketones (excluding diaryl/α,β-unsaturated/α-hetero) is 1. The minimum absolute atomic E-state index is 0.0126. The monoisotopic (exact) mass is 289 g/mol. The highest BCUT2D eigenvalue weighted by atomic mass is 35.5. The summed E-state index contributed by atoms with van der Waals surface area (Å²) in [5.41, 5.74) is 3.70. The zero-order valence-electron chi connectivity index (χ0n) is 10.7. The molecule has 1 aliphatic rings. The van der Waals surface area contributed by atoms with Crippen LogP contribution >= 0.6 is 11.6 Å². The van der Waals surface area contributed by atoms with Crippen molar-refractivity contribution in [1.82, 2.24) is 5.32 Å². The number of ketones is 1. The Balaban J connectivity index is 1.80. The Kier molecular flexibility index (Phi) is 3.55. The SMILES string of the molecule is O=C(Cc1ccc(Cl)c(F)c1)c1ccc2c(c1)CNC2. The molecule has 0 bridgehead atoms. The van der Waals surface area contributed by atoms with Crippen molar-refractivity contribution in [3.8, 4) is 0 Å². The highest BCUT2D eigenvalue weighted by Crippen LogP contribution is 2.20. The van der Waals surface area contributed by atoms with Crippen molar-refractivity contribution in [2.75, 3.05) is 0 Å². The Morgan fingerprint density at radius 1 is 1.15 bits per heavy atom. The fourth-order valence-electron chi connectivity index (χ4n) is 2.41. The number of halogens is 2. The molecule has 0 spiro atoms. The fraction of sp³-hybridized carbons (Fsp3) is 0.188. The van der Waals surface area contributed by atoms with Crippen LogP contribution in [0.1, 0.15) is 27.0 Å².